The molecule has 1 N–H and O–H groups in total. The van der Waals surface area contributed by atoms with Crippen LogP contribution in [-0.4, -0.2) is 49.6 Å². The minimum atomic E-state index is -0.245. The largest absolute Gasteiger partial charge is 0.490 e. The van der Waals surface area contributed by atoms with Crippen LogP contribution in [-0.2, 0) is 9.59 Å². The smallest absolute Gasteiger partial charge is 0.257 e. The first-order valence-corrected chi connectivity index (χ1v) is 8.10. The molecule has 1 aliphatic heterocycles. The summed E-state index contributed by atoms with van der Waals surface area (Å²) in [6.45, 7) is 4.34. The van der Waals surface area contributed by atoms with Gasteiger partial charge in [-0.15, -0.1) is 0 Å². The fourth-order valence-electron chi connectivity index (χ4n) is 2.47. The molecule has 1 saturated heterocycles. The number of ether oxygens (including phenoxy) is 2. The topological polar surface area (TPSA) is 67.9 Å². The zero-order valence-electron chi connectivity index (χ0n) is 13.5. The zero-order chi connectivity index (χ0) is 16.5. The molecule has 6 nitrogen and oxygen atoms in total. The monoisotopic (exact) mass is 320 g/mol. The molecule has 6 heteroatoms. The van der Waals surface area contributed by atoms with Crippen LogP contribution in [0.15, 0.2) is 24.3 Å². The van der Waals surface area contributed by atoms with Crippen molar-refractivity contribution in [1.82, 2.24) is 10.2 Å². The molecule has 0 aromatic heterocycles. The van der Waals surface area contributed by atoms with Crippen LogP contribution in [0.2, 0.25) is 0 Å². The first-order chi connectivity index (χ1) is 11.2. The fourth-order valence-corrected chi connectivity index (χ4v) is 2.47. The molecule has 0 aliphatic carbocycles. The maximum absolute atomic E-state index is 11.8. The Kier molecular flexibility index (Phi) is 6.72. The van der Waals surface area contributed by atoms with Crippen molar-refractivity contribution < 1.29 is 19.1 Å². The average Bonchev–Trinajstić information content (AvgIpc) is 3.09. The quantitative estimate of drug-likeness (QED) is 0.790. The van der Waals surface area contributed by atoms with E-state index in [2.05, 4.69) is 5.32 Å². The maximum Gasteiger partial charge on any atom is 0.257 e. The van der Waals surface area contributed by atoms with Gasteiger partial charge in [0, 0.05) is 26.1 Å². The van der Waals surface area contributed by atoms with Crippen molar-refractivity contribution in [2.24, 2.45) is 0 Å². The van der Waals surface area contributed by atoms with E-state index >= 15 is 0 Å². The second-order valence-corrected chi connectivity index (χ2v) is 5.36. The predicted octanol–water partition coefficient (Wildman–Crippen LogP) is 1.59. The van der Waals surface area contributed by atoms with E-state index in [9.17, 15) is 9.59 Å². The van der Waals surface area contributed by atoms with Gasteiger partial charge >= 0.3 is 0 Å². The number of carbonyl (C=O) groups excluding carboxylic acids is 2. The van der Waals surface area contributed by atoms with E-state index in [0.717, 1.165) is 25.9 Å². The van der Waals surface area contributed by atoms with Crippen LogP contribution in [0.1, 0.15) is 26.2 Å². The van der Waals surface area contributed by atoms with Gasteiger partial charge < -0.3 is 19.7 Å². The molecule has 2 rings (SSSR count). The Morgan fingerprint density at radius 1 is 1.13 bits per heavy atom. The van der Waals surface area contributed by atoms with E-state index in [1.807, 2.05) is 24.0 Å². The Morgan fingerprint density at radius 3 is 2.43 bits per heavy atom. The molecule has 23 heavy (non-hydrogen) atoms. The van der Waals surface area contributed by atoms with Gasteiger partial charge in [-0.05, 0) is 31.9 Å². The SMILES string of the molecule is CCOc1ccccc1OCC(=O)NCCC(=O)N1CCCC1. The molecular formula is C17H24N2O4. The summed E-state index contributed by atoms with van der Waals surface area (Å²) in [5.74, 6) is 1.01. The number of benzene rings is 1. The lowest BCUT2D eigenvalue weighted by Gasteiger charge is -2.15. The summed E-state index contributed by atoms with van der Waals surface area (Å²) in [6.07, 6.45) is 2.48. The molecule has 1 aliphatic rings. The third kappa shape index (κ3) is 5.47. The first-order valence-electron chi connectivity index (χ1n) is 8.10. The van der Waals surface area contributed by atoms with E-state index in [4.69, 9.17) is 9.47 Å². The Bertz CT molecular complexity index is 527. The minimum absolute atomic E-state index is 0.0952. The first kappa shape index (κ1) is 17.1. The number of rotatable bonds is 8. The summed E-state index contributed by atoms with van der Waals surface area (Å²) < 4.78 is 10.9. The third-order valence-corrected chi connectivity index (χ3v) is 3.63. The van der Waals surface area contributed by atoms with E-state index < -0.39 is 0 Å². The summed E-state index contributed by atoms with van der Waals surface area (Å²) in [5.41, 5.74) is 0. The summed E-state index contributed by atoms with van der Waals surface area (Å²) in [6, 6.07) is 7.23. The lowest BCUT2D eigenvalue weighted by molar-refractivity contribution is -0.130. The zero-order valence-corrected chi connectivity index (χ0v) is 13.5. The lowest BCUT2D eigenvalue weighted by Crippen LogP contribution is -2.34. The number of para-hydroxylation sites is 2. The standard InChI is InChI=1S/C17H24N2O4/c1-2-22-14-7-3-4-8-15(14)23-13-16(20)18-10-9-17(21)19-11-5-6-12-19/h3-4,7-8H,2,5-6,9-13H2,1H3,(H,18,20). The van der Waals surface area contributed by atoms with Crippen LogP contribution in [0, 0.1) is 0 Å². The predicted molar refractivity (Wildman–Crippen MR) is 86.5 cm³/mol. The highest BCUT2D eigenvalue weighted by molar-refractivity contribution is 5.80. The van der Waals surface area contributed by atoms with E-state index in [1.54, 1.807) is 12.1 Å². The summed E-state index contributed by atoms with van der Waals surface area (Å²) in [7, 11) is 0. The van der Waals surface area contributed by atoms with Gasteiger partial charge in [0.1, 0.15) is 0 Å². The molecule has 0 bridgehead atoms. The maximum atomic E-state index is 11.8. The van der Waals surface area contributed by atoms with Gasteiger partial charge in [-0.1, -0.05) is 12.1 Å². The van der Waals surface area contributed by atoms with Gasteiger partial charge in [0.2, 0.25) is 5.91 Å². The normalized spacial score (nSPS) is 13.7. The van der Waals surface area contributed by atoms with E-state index in [-0.39, 0.29) is 18.4 Å². The number of hydrogen-bond donors (Lipinski definition) is 1. The molecule has 0 saturated carbocycles. The fraction of sp³-hybridized carbons (Fsp3) is 0.529. The molecular weight excluding hydrogens is 296 g/mol. The molecule has 1 aromatic rings. The Labute approximate surface area is 136 Å². The van der Waals surface area contributed by atoms with Crippen LogP contribution in [0.25, 0.3) is 0 Å². The molecule has 1 aromatic carbocycles. The minimum Gasteiger partial charge on any atom is -0.490 e. The molecule has 1 heterocycles. The average molecular weight is 320 g/mol. The van der Waals surface area contributed by atoms with Gasteiger partial charge in [-0.2, -0.15) is 0 Å². The Morgan fingerprint density at radius 2 is 1.78 bits per heavy atom. The number of nitrogens with one attached hydrogen (secondary N) is 1. The van der Waals surface area contributed by atoms with Gasteiger partial charge in [0.15, 0.2) is 18.1 Å². The number of likely N-dealkylation sites (tertiary alicyclic amines) is 1. The lowest BCUT2D eigenvalue weighted by atomic mass is 10.3. The van der Waals surface area contributed by atoms with Crippen molar-refractivity contribution in [2.45, 2.75) is 26.2 Å². The molecule has 0 radical (unpaired) electrons. The van der Waals surface area contributed by atoms with Crippen LogP contribution in [0.5, 0.6) is 11.5 Å². The van der Waals surface area contributed by atoms with Crippen LogP contribution in [0.4, 0.5) is 0 Å². The molecule has 0 unspecified atom stereocenters. The molecule has 126 valence electrons. The van der Waals surface area contributed by atoms with Gasteiger partial charge in [0.05, 0.1) is 6.61 Å². The highest BCUT2D eigenvalue weighted by atomic mass is 16.5. The highest BCUT2D eigenvalue weighted by Crippen LogP contribution is 2.26. The number of amides is 2. The van der Waals surface area contributed by atoms with Crippen LogP contribution < -0.4 is 14.8 Å². The number of nitrogens with zero attached hydrogens (tertiary/aromatic N) is 1. The van der Waals surface area contributed by atoms with Crippen molar-refractivity contribution in [3.05, 3.63) is 24.3 Å². The molecule has 2 amide bonds. The van der Waals surface area contributed by atoms with Gasteiger partial charge in [0.25, 0.3) is 5.91 Å². The van der Waals surface area contributed by atoms with Crippen molar-refractivity contribution in [2.75, 3.05) is 32.8 Å². The summed E-state index contributed by atoms with van der Waals surface area (Å²) >= 11 is 0. The number of hydrogen-bond acceptors (Lipinski definition) is 4. The van der Waals surface area contributed by atoms with Crippen molar-refractivity contribution in [3.8, 4) is 11.5 Å². The highest BCUT2D eigenvalue weighted by Gasteiger charge is 2.17. The Balaban J connectivity index is 1.68. The van der Waals surface area contributed by atoms with Crippen molar-refractivity contribution in [1.29, 1.82) is 0 Å². The van der Waals surface area contributed by atoms with Crippen molar-refractivity contribution >= 4 is 11.8 Å². The molecule has 0 spiro atoms. The van der Waals surface area contributed by atoms with E-state index in [0.29, 0.717) is 31.1 Å². The Hall–Kier alpha value is -2.24. The van der Waals surface area contributed by atoms with Gasteiger partial charge in [-0.3, -0.25) is 9.59 Å². The molecule has 1 fully saturated rings. The van der Waals surface area contributed by atoms with Crippen LogP contribution >= 0.6 is 0 Å². The van der Waals surface area contributed by atoms with Gasteiger partial charge in [-0.25, -0.2) is 0 Å². The third-order valence-electron chi connectivity index (χ3n) is 3.63. The summed E-state index contributed by atoms with van der Waals surface area (Å²) in [5, 5.41) is 2.71. The summed E-state index contributed by atoms with van der Waals surface area (Å²) in [4.78, 5) is 25.5. The second-order valence-electron chi connectivity index (χ2n) is 5.36. The van der Waals surface area contributed by atoms with Crippen molar-refractivity contribution in [3.63, 3.8) is 0 Å². The molecule has 0 atom stereocenters. The van der Waals surface area contributed by atoms with Crippen LogP contribution in [0.3, 0.4) is 0 Å². The van der Waals surface area contributed by atoms with E-state index in [1.165, 1.54) is 0 Å². The number of carbonyl (C=O) groups is 2. The second kappa shape index (κ2) is 9.02.